The Morgan fingerprint density at radius 3 is 2.81 bits per heavy atom. The second kappa shape index (κ2) is 8.71. The van der Waals surface area contributed by atoms with Crippen molar-refractivity contribution in [2.24, 2.45) is 0 Å². The first-order valence-electron chi connectivity index (χ1n) is 8.19. The number of halogens is 2. The Hall–Kier alpha value is -1.82. The van der Waals surface area contributed by atoms with Gasteiger partial charge in [0, 0.05) is 22.5 Å². The predicted molar refractivity (Wildman–Crippen MR) is 106 cm³/mol. The maximum Gasteiger partial charge on any atom is 0.343 e. The van der Waals surface area contributed by atoms with Crippen LogP contribution >= 0.6 is 27.5 Å². The third kappa shape index (κ3) is 4.67. The first kappa shape index (κ1) is 19.0. The highest BCUT2D eigenvalue weighted by atomic mass is 79.9. The zero-order valence-corrected chi connectivity index (χ0v) is 16.6. The van der Waals surface area contributed by atoms with E-state index in [4.69, 9.17) is 25.5 Å². The van der Waals surface area contributed by atoms with Crippen LogP contribution in [0.2, 0.25) is 5.02 Å². The third-order valence-corrected chi connectivity index (χ3v) is 5.01. The molecule has 0 aliphatic rings. The van der Waals surface area contributed by atoms with Crippen LogP contribution in [0.5, 0.6) is 5.75 Å². The summed E-state index contributed by atoms with van der Waals surface area (Å²) in [4.78, 5) is 12.1. The number of ether oxygens (including phenoxy) is 2. The SMILES string of the molecule is COc1ccc2cc(CCCOCc3cc(Cl)ccc3Br)oc(=O)c2c1. The quantitative estimate of drug-likeness (QED) is 0.466. The van der Waals surface area contributed by atoms with E-state index in [2.05, 4.69) is 15.9 Å². The van der Waals surface area contributed by atoms with Crippen LogP contribution in [0.1, 0.15) is 17.7 Å². The van der Waals surface area contributed by atoms with Gasteiger partial charge in [-0.3, -0.25) is 0 Å². The smallest absolute Gasteiger partial charge is 0.343 e. The zero-order valence-electron chi connectivity index (χ0n) is 14.3. The predicted octanol–water partition coefficient (Wildman–Crippen LogP) is 5.37. The number of hydrogen-bond acceptors (Lipinski definition) is 4. The van der Waals surface area contributed by atoms with Crippen molar-refractivity contribution in [1.82, 2.24) is 0 Å². The van der Waals surface area contributed by atoms with Crippen molar-refractivity contribution in [3.05, 3.63) is 73.7 Å². The first-order chi connectivity index (χ1) is 12.6. The van der Waals surface area contributed by atoms with E-state index in [1.165, 1.54) is 0 Å². The Bertz CT molecular complexity index is 968. The largest absolute Gasteiger partial charge is 0.497 e. The molecule has 0 aliphatic carbocycles. The highest BCUT2D eigenvalue weighted by Crippen LogP contribution is 2.22. The molecule has 0 radical (unpaired) electrons. The lowest BCUT2D eigenvalue weighted by atomic mass is 10.1. The molecule has 6 heteroatoms. The Morgan fingerprint density at radius 1 is 1.15 bits per heavy atom. The molecule has 0 N–H and O–H groups in total. The van der Waals surface area contributed by atoms with Crippen molar-refractivity contribution >= 4 is 38.3 Å². The van der Waals surface area contributed by atoms with Crippen LogP contribution in [0.3, 0.4) is 0 Å². The van der Waals surface area contributed by atoms with Gasteiger partial charge in [0.15, 0.2) is 0 Å². The highest BCUT2D eigenvalue weighted by Gasteiger charge is 2.07. The first-order valence-corrected chi connectivity index (χ1v) is 9.36. The van der Waals surface area contributed by atoms with Crippen molar-refractivity contribution in [3.63, 3.8) is 0 Å². The van der Waals surface area contributed by atoms with Crippen molar-refractivity contribution in [2.75, 3.05) is 13.7 Å². The van der Waals surface area contributed by atoms with Gasteiger partial charge in [0.2, 0.25) is 0 Å². The molecule has 0 unspecified atom stereocenters. The molecular weight excluding hydrogens is 420 g/mol. The minimum absolute atomic E-state index is 0.347. The average molecular weight is 438 g/mol. The minimum Gasteiger partial charge on any atom is -0.497 e. The van der Waals surface area contributed by atoms with E-state index in [0.29, 0.717) is 41.6 Å². The second-order valence-corrected chi connectivity index (χ2v) is 7.14. The summed E-state index contributed by atoms with van der Waals surface area (Å²) < 4.78 is 17.2. The van der Waals surface area contributed by atoms with Crippen LogP contribution in [-0.4, -0.2) is 13.7 Å². The maximum absolute atomic E-state index is 12.1. The molecule has 0 atom stereocenters. The van der Waals surface area contributed by atoms with Crippen LogP contribution in [0.15, 0.2) is 56.1 Å². The number of benzene rings is 2. The monoisotopic (exact) mass is 436 g/mol. The van der Waals surface area contributed by atoms with Gasteiger partial charge in [0.25, 0.3) is 0 Å². The zero-order chi connectivity index (χ0) is 18.5. The van der Waals surface area contributed by atoms with Crippen LogP contribution < -0.4 is 10.4 Å². The van der Waals surface area contributed by atoms with E-state index < -0.39 is 0 Å². The summed E-state index contributed by atoms with van der Waals surface area (Å²) in [5.41, 5.74) is 0.656. The molecule has 1 aromatic heterocycles. The summed E-state index contributed by atoms with van der Waals surface area (Å²) in [7, 11) is 1.57. The van der Waals surface area contributed by atoms with Gasteiger partial charge < -0.3 is 13.9 Å². The maximum atomic E-state index is 12.1. The van der Waals surface area contributed by atoms with E-state index in [-0.39, 0.29) is 5.63 Å². The molecule has 4 nitrogen and oxygen atoms in total. The van der Waals surface area contributed by atoms with Crippen LogP contribution in [0.25, 0.3) is 10.8 Å². The molecular formula is C20H18BrClO4. The average Bonchev–Trinajstić information content (AvgIpc) is 2.64. The Morgan fingerprint density at radius 2 is 2.00 bits per heavy atom. The van der Waals surface area contributed by atoms with Gasteiger partial charge in [0.1, 0.15) is 11.5 Å². The Labute approximate surface area is 164 Å². The number of aryl methyl sites for hydroxylation is 1. The van der Waals surface area contributed by atoms with Crippen LogP contribution in [0.4, 0.5) is 0 Å². The normalized spacial score (nSPS) is 11.0. The fraction of sp³-hybridized carbons (Fsp3) is 0.250. The van der Waals surface area contributed by atoms with E-state index in [1.54, 1.807) is 13.2 Å². The lowest BCUT2D eigenvalue weighted by molar-refractivity contribution is 0.117. The van der Waals surface area contributed by atoms with Gasteiger partial charge in [-0.15, -0.1) is 0 Å². The van der Waals surface area contributed by atoms with Crippen LogP contribution in [0, 0.1) is 0 Å². The van der Waals surface area contributed by atoms with Gasteiger partial charge in [0.05, 0.1) is 19.1 Å². The van der Waals surface area contributed by atoms with Gasteiger partial charge in [-0.25, -0.2) is 4.79 Å². The molecule has 0 amide bonds. The molecule has 0 spiro atoms. The fourth-order valence-corrected chi connectivity index (χ4v) is 3.21. The highest BCUT2D eigenvalue weighted by molar-refractivity contribution is 9.10. The minimum atomic E-state index is -0.347. The molecule has 3 rings (SSSR count). The molecule has 0 fully saturated rings. The molecule has 1 heterocycles. The molecule has 3 aromatic rings. The molecule has 0 saturated heterocycles. The summed E-state index contributed by atoms with van der Waals surface area (Å²) in [6, 6.07) is 12.9. The number of methoxy groups -OCH3 is 1. The van der Waals surface area contributed by atoms with E-state index >= 15 is 0 Å². The van der Waals surface area contributed by atoms with E-state index in [9.17, 15) is 4.79 Å². The van der Waals surface area contributed by atoms with Crippen molar-refractivity contribution in [3.8, 4) is 5.75 Å². The summed E-state index contributed by atoms with van der Waals surface area (Å²) in [6.07, 6.45) is 1.39. The second-order valence-electron chi connectivity index (χ2n) is 5.85. The van der Waals surface area contributed by atoms with Gasteiger partial charge in [-0.1, -0.05) is 33.6 Å². The van der Waals surface area contributed by atoms with Crippen molar-refractivity contribution in [2.45, 2.75) is 19.4 Å². The topological polar surface area (TPSA) is 48.7 Å². The summed E-state index contributed by atoms with van der Waals surface area (Å²) in [5.74, 6) is 1.29. The lowest BCUT2D eigenvalue weighted by Crippen LogP contribution is -2.04. The molecule has 2 aromatic carbocycles. The summed E-state index contributed by atoms with van der Waals surface area (Å²) in [6.45, 7) is 1.03. The lowest BCUT2D eigenvalue weighted by Gasteiger charge is -2.07. The van der Waals surface area contributed by atoms with Crippen molar-refractivity contribution < 1.29 is 13.9 Å². The number of rotatable bonds is 7. The van der Waals surface area contributed by atoms with Crippen molar-refractivity contribution in [1.29, 1.82) is 0 Å². The molecule has 0 bridgehead atoms. The summed E-state index contributed by atoms with van der Waals surface area (Å²) >= 11 is 9.47. The Balaban J connectivity index is 1.56. The van der Waals surface area contributed by atoms with Gasteiger partial charge >= 0.3 is 5.63 Å². The number of hydrogen-bond donors (Lipinski definition) is 0. The number of fused-ring (bicyclic) bond motifs is 1. The van der Waals surface area contributed by atoms with E-state index in [0.717, 1.165) is 21.8 Å². The molecule has 0 aliphatic heterocycles. The van der Waals surface area contributed by atoms with Gasteiger partial charge in [-0.2, -0.15) is 0 Å². The molecule has 26 heavy (non-hydrogen) atoms. The molecule has 0 saturated carbocycles. The van der Waals surface area contributed by atoms with E-state index in [1.807, 2.05) is 36.4 Å². The molecule has 136 valence electrons. The van der Waals surface area contributed by atoms with Gasteiger partial charge in [-0.05, 0) is 53.8 Å². The third-order valence-electron chi connectivity index (χ3n) is 4.00. The fourth-order valence-electron chi connectivity index (χ4n) is 2.65. The summed E-state index contributed by atoms with van der Waals surface area (Å²) in [5, 5.41) is 2.05. The Kier molecular flexibility index (Phi) is 6.35. The standard InChI is InChI=1S/C20H18BrClO4/c1-24-16-6-4-13-10-17(26-20(23)18(13)11-16)3-2-8-25-12-14-9-15(22)5-7-19(14)21/h4-7,9-11H,2-3,8,12H2,1H3. The van der Waals surface area contributed by atoms with Crippen LogP contribution in [-0.2, 0) is 17.8 Å².